The lowest BCUT2D eigenvalue weighted by molar-refractivity contribution is 0.0342. The van der Waals surface area contributed by atoms with E-state index in [0.717, 1.165) is 55.5 Å². The van der Waals surface area contributed by atoms with Crippen LogP contribution < -0.4 is 10.9 Å². The van der Waals surface area contributed by atoms with Crippen LogP contribution >= 0.6 is 0 Å². The number of hydrazine groups is 1. The van der Waals surface area contributed by atoms with Crippen LogP contribution in [-0.2, 0) is 11.3 Å². The molecular formula is C25H28N4O3. The van der Waals surface area contributed by atoms with E-state index in [-0.39, 0.29) is 11.8 Å². The lowest BCUT2D eigenvalue weighted by atomic mass is 10.1. The zero-order valence-electron chi connectivity index (χ0n) is 18.4. The molecule has 7 heteroatoms. The van der Waals surface area contributed by atoms with Crippen LogP contribution in [0.25, 0.3) is 5.69 Å². The van der Waals surface area contributed by atoms with E-state index in [2.05, 4.69) is 15.8 Å². The van der Waals surface area contributed by atoms with Crippen molar-refractivity contribution in [2.45, 2.75) is 20.4 Å². The average Bonchev–Trinajstić information content (AvgIpc) is 3.12. The van der Waals surface area contributed by atoms with Crippen LogP contribution in [0.1, 0.15) is 37.7 Å². The zero-order valence-corrected chi connectivity index (χ0v) is 18.4. The summed E-state index contributed by atoms with van der Waals surface area (Å²) in [7, 11) is 0. The number of carbonyl (C=O) groups is 2. The summed E-state index contributed by atoms with van der Waals surface area (Å²) in [6.45, 7) is 7.85. The van der Waals surface area contributed by atoms with Gasteiger partial charge in [0.1, 0.15) is 0 Å². The Bertz CT molecular complexity index is 1100. The molecule has 166 valence electrons. The van der Waals surface area contributed by atoms with E-state index in [1.54, 1.807) is 6.07 Å². The minimum absolute atomic E-state index is 0.348. The van der Waals surface area contributed by atoms with Crippen molar-refractivity contribution in [1.82, 2.24) is 20.3 Å². The van der Waals surface area contributed by atoms with Gasteiger partial charge in [-0.1, -0.05) is 30.3 Å². The Morgan fingerprint density at radius 2 is 1.62 bits per heavy atom. The number of carbonyl (C=O) groups excluding carboxylic acids is 2. The molecule has 1 aromatic heterocycles. The lowest BCUT2D eigenvalue weighted by Crippen LogP contribution is -2.41. The van der Waals surface area contributed by atoms with Crippen molar-refractivity contribution in [3.8, 4) is 5.69 Å². The molecule has 0 aliphatic carbocycles. The molecule has 1 fully saturated rings. The van der Waals surface area contributed by atoms with E-state index >= 15 is 0 Å². The van der Waals surface area contributed by atoms with Gasteiger partial charge in [-0.15, -0.1) is 0 Å². The van der Waals surface area contributed by atoms with E-state index in [1.807, 2.05) is 73.0 Å². The first-order valence-electron chi connectivity index (χ1n) is 10.8. The standard InChI is InChI=1S/C25H28N4O3/c1-18-15-23(19(2)29(18)22-9-4-3-5-10-22)25(31)27-26-24(30)21-8-6-7-20(16-21)17-28-11-13-32-14-12-28/h3-10,15-16H,11-14,17H2,1-2H3,(H,26,30)(H,27,31). The SMILES string of the molecule is Cc1cc(C(=O)NNC(=O)c2cccc(CN3CCOCC3)c2)c(C)n1-c1ccccc1. The number of para-hydroxylation sites is 1. The molecule has 1 saturated heterocycles. The normalized spacial score (nSPS) is 14.2. The predicted octanol–water partition coefficient (Wildman–Crippen LogP) is 3.00. The Morgan fingerprint density at radius 1 is 0.906 bits per heavy atom. The number of nitrogens with zero attached hydrogens (tertiary/aromatic N) is 2. The van der Waals surface area contributed by atoms with Gasteiger partial charge in [-0.3, -0.25) is 25.3 Å². The molecule has 7 nitrogen and oxygen atoms in total. The van der Waals surface area contributed by atoms with E-state index in [4.69, 9.17) is 4.74 Å². The van der Waals surface area contributed by atoms with Crippen LogP contribution in [0.15, 0.2) is 60.7 Å². The quantitative estimate of drug-likeness (QED) is 0.608. The Kier molecular flexibility index (Phi) is 6.68. The Morgan fingerprint density at radius 3 is 2.38 bits per heavy atom. The number of amides is 2. The summed E-state index contributed by atoms with van der Waals surface area (Å²) >= 11 is 0. The first kappa shape index (κ1) is 21.8. The number of hydrogen-bond acceptors (Lipinski definition) is 4. The number of hydrogen-bond donors (Lipinski definition) is 2. The van der Waals surface area contributed by atoms with Crippen LogP contribution in [0.4, 0.5) is 0 Å². The highest BCUT2D eigenvalue weighted by molar-refractivity contribution is 6.00. The van der Waals surface area contributed by atoms with Crippen molar-refractivity contribution in [3.05, 3.63) is 88.7 Å². The fraction of sp³-hybridized carbons (Fsp3) is 0.280. The number of aromatic nitrogens is 1. The number of nitrogens with one attached hydrogen (secondary N) is 2. The van der Waals surface area contributed by atoms with E-state index in [0.29, 0.717) is 11.1 Å². The molecule has 2 N–H and O–H groups in total. The molecule has 4 rings (SSSR count). The largest absolute Gasteiger partial charge is 0.379 e. The van der Waals surface area contributed by atoms with Gasteiger partial charge in [0.15, 0.2) is 0 Å². The van der Waals surface area contributed by atoms with Crippen molar-refractivity contribution in [3.63, 3.8) is 0 Å². The summed E-state index contributed by atoms with van der Waals surface area (Å²) in [5, 5.41) is 0. The number of benzene rings is 2. The predicted molar refractivity (Wildman–Crippen MR) is 123 cm³/mol. The Labute approximate surface area is 188 Å². The minimum atomic E-state index is -0.349. The second-order valence-electron chi connectivity index (χ2n) is 7.95. The van der Waals surface area contributed by atoms with Gasteiger partial charge in [0, 0.05) is 42.3 Å². The molecule has 0 atom stereocenters. The van der Waals surface area contributed by atoms with Gasteiger partial charge in [0.05, 0.1) is 18.8 Å². The Hall–Kier alpha value is -3.42. The molecule has 2 heterocycles. The van der Waals surface area contributed by atoms with Crippen LogP contribution in [0.3, 0.4) is 0 Å². The first-order chi connectivity index (χ1) is 15.5. The summed E-state index contributed by atoms with van der Waals surface area (Å²) in [6.07, 6.45) is 0. The van der Waals surface area contributed by atoms with Crippen molar-refractivity contribution in [2.24, 2.45) is 0 Å². The number of ether oxygens (including phenoxy) is 1. The molecule has 2 aromatic carbocycles. The van der Waals surface area contributed by atoms with Crippen LogP contribution in [-0.4, -0.2) is 47.6 Å². The molecular weight excluding hydrogens is 404 g/mol. The summed E-state index contributed by atoms with van der Waals surface area (Å²) in [6, 6.07) is 19.2. The van der Waals surface area contributed by atoms with Gasteiger partial charge in [0.25, 0.3) is 11.8 Å². The second-order valence-corrected chi connectivity index (χ2v) is 7.95. The van der Waals surface area contributed by atoms with E-state index in [1.165, 1.54) is 0 Å². The molecule has 0 unspecified atom stereocenters. The van der Waals surface area contributed by atoms with E-state index < -0.39 is 0 Å². The van der Waals surface area contributed by atoms with Crippen molar-refractivity contribution >= 4 is 11.8 Å². The first-order valence-corrected chi connectivity index (χ1v) is 10.8. The fourth-order valence-corrected chi connectivity index (χ4v) is 4.05. The summed E-state index contributed by atoms with van der Waals surface area (Å²) < 4.78 is 7.40. The second kappa shape index (κ2) is 9.80. The van der Waals surface area contributed by atoms with Crippen LogP contribution in [0.5, 0.6) is 0 Å². The molecule has 1 aliphatic rings. The maximum Gasteiger partial charge on any atom is 0.271 e. The third kappa shape index (κ3) is 4.90. The lowest BCUT2D eigenvalue weighted by Gasteiger charge is -2.26. The molecule has 0 spiro atoms. The highest BCUT2D eigenvalue weighted by atomic mass is 16.5. The molecule has 0 radical (unpaired) electrons. The highest BCUT2D eigenvalue weighted by Gasteiger charge is 2.18. The summed E-state index contributed by atoms with van der Waals surface area (Å²) in [5.74, 6) is -0.697. The van der Waals surface area contributed by atoms with Crippen LogP contribution in [0.2, 0.25) is 0 Å². The van der Waals surface area contributed by atoms with Crippen molar-refractivity contribution in [1.29, 1.82) is 0 Å². The third-order valence-corrected chi connectivity index (χ3v) is 5.68. The van der Waals surface area contributed by atoms with Crippen molar-refractivity contribution in [2.75, 3.05) is 26.3 Å². The third-order valence-electron chi connectivity index (χ3n) is 5.68. The molecule has 32 heavy (non-hydrogen) atoms. The Balaban J connectivity index is 1.40. The zero-order chi connectivity index (χ0) is 22.5. The molecule has 2 amide bonds. The maximum absolute atomic E-state index is 12.8. The summed E-state index contributed by atoms with van der Waals surface area (Å²) in [5.41, 5.74) is 9.92. The average molecular weight is 433 g/mol. The molecule has 0 bridgehead atoms. The molecule has 3 aromatic rings. The molecule has 1 aliphatic heterocycles. The van der Waals surface area contributed by atoms with Crippen LogP contribution in [0, 0.1) is 13.8 Å². The van der Waals surface area contributed by atoms with Gasteiger partial charge in [0.2, 0.25) is 0 Å². The topological polar surface area (TPSA) is 75.6 Å². The number of rotatable bonds is 5. The van der Waals surface area contributed by atoms with E-state index in [9.17, 15) is 9.59 Å². The van der Waals surface area contributed by atoms with Gasteiger partial charge in [-0.25, -0.2) is 0 Å². The van der Waals surface area contributed by atoms with Gasteiger partial charge in [-0.2, -0.15) is 0 Å². The van der Waals surface area contributed by atoms with Gasteiger partial charge in [-0.05, 0) is 49.7 Å². The van der Waals surface area contributed by atoms with Crippen molar-refractivity contribution < 1.29 is 14.3 Å². The monoisotopic (exact) mass is 432 g/mol. The van der Waals surface area contributed by atoms with Gasteiger partial charge < -0.3 is 9.30 Å². The molecule has 0 saturated carbocycles. The smallest absolute Gasteiger partial charge is 0.271 e. The highest BCUT2D eigenvalue weighted by Crippen LogP contribution is 2.20. The maximum atomic E-state index is 12.8. The number of aryl methyl sites for hydroxylation is 1. The van der Waals surface area contributed by atoms with Gasteiger partial charge >= 0.3 is 0 Å². The summed E-state index contributed by atoms with van der Waals surface area (Å²) in [4.78, 5) is 27.7. The minimum Gasteiger partial charge on any atom is -0.379 e. The fourth-order valence-electron chi connectivity index (χ4n) is 4.05. The number of morpholine rings is 1.